The van der Waals surface area contributed by atoms with E-state index in [1.807, 2.05) is 13.0 Å². The summed E-state index contributed by atoms with van der Waals surface area (Å²) in [5.74, 6) is 0.0956. The molecule has 2 aliphatic heterocycles. The van der Waals surface area contributed by atoms with Crippen molar-refractivity contribution in [2.45, 2.75) is 89.8 Å². The van der Waals surface area contributed by atoms with Crippen molar-refractivity contribution in [3.8, 4) is 22.8 Å². The van der Waals surface area contributed by atoms with Gasteiger partial charge in [-0.2, -0.15) is 0 Å². The number of carbonyl (C=O) groups is 1. The van der Waals surface area contributed by atoms with E-state index in [0.717, 1.165) is 78.6 Å². The number of piperidine rings is 1. The van der Waals surface area contributed by atoms with Crippen molar-refractivity contribution in [1.82, 2.24) is 9.88 Å². The maximum Gasteiger partial charge on any atom is 0.306 e. The van der Waals surface area contributed by atoms with E-state index in [-0.39, 0.29) is 23.4 Å². The van der Waals surface area contributed by atoms with Crippen LogP contribution in [0.3, 0.4) is 0 Å². The van der Waals surface area contributed by atoms with Gasteiger partial charge in [0.2, 0.25) is 5.88 Å². The quantitative estimate of drug-likeness (QED) is 0.274. The first-order valence-electron chi connectivity index (χ1n) is 15.7. The third-order valence-electron chi connectivity index (χ3n) is 9.99. The van der Waals surface area contributed by atoms with Crippen LogP contribution in [0.4, 0.5) is 4.39 Å². The summed E-state index contributed by atoms with van der Waals surface area (Å²) in [5.41, 5.74) is 5.74. The highest BCUT2D eigenvalue weighted by molar-refractivity contribution is 5.71. The third-order valence-corrected chi connectivity index (χ3v) is 9.99. The van der Waals surface area contributed by atoms with Crippen molar-refractivity contribution in [2.24, 2.45) is 11.8 Å². The summed E-state index contributed by atoms with van der Waals surface area (Å²) in [6.45, 7) is 8.13. The lowest BCUT2D eigenvalue weighted by molar-refractivity contribution is -0.142. The van der Waals surface area contributed by atoms with Gasteiger partial charge in [-0.05, 0) is 105 Å². The highest BCUT2D eigenvalue weighted by Crippen LogP contribution is 2.48. The van der Waals surface area contributed by atoms with Gasteiger partial charge in [0.1, 0.15) is 17.7 Å². The molecule has 6 rings (SSSR count). The SMILES string of the molecule is COc1cc(-c2ccc([C@H]3CCc4ccc([C@H](C5CC5)[C@H](C)C(=O)O)cc4O3)cc2CN2CCCCC2(C)C)c(F)cn1. The molecule has 3 aromatic rings. The van der Waals surface area contributed by atoms with E-state index < -0.39 is 11.9 Å². The Hall–Kier alpha value is -3.45. The van der Waals surface area contributed by atoms with Crippen molar-refractivity contribution in [3.63, 3.8) is 0 Å². The number of aromatic nitrogens is 1. The molecule has 43 heavy (non-hydrogen) atoms. The number of nitrogens with zero attached hydrogens (tertiary/aromatic N) is 2. The van der Waals surface area contributed by atoms with Gasteiger partial charge in [-0.25, -0.2) is 9.37 Å². The predicted molar refractivity (Wildman–Crippen MR) is 165 cm³/mol. The van der Waals surface area contributed by atoms with E-state index in [0.29, 0.717) is 23.9 Å². The maximum absolute atomic E-state index is 15.2. The predicted octanol–water partition coefficient (Wildman–Crippen LogP) is 7.94. The van der Waals surface area contributed by atoms with Crippen molar-refractivity contribution in [2.75, 3.05) is 13.7 Å². The lowest BCUT2D eigenvalue weighted by Crippen LogP contribution is -2.46. The van der Waals surface area contributed by atoms with E-state index in [4.69, 9.17) is 9.47 Å². The molecule has 3 heterocycles. The fourth-order valence-corrected chi connectivity index (χ4v) is 7.17. The molecular formula is C36H43FN2O4. The maximum atomic E-state index is 15.2. The van der Waals surface area contributed by atoms with Gasteiger partial charge in [-0.1, -0.05) is 43.7 Å². The third kappa shape index (κ3) is 6.14. The number of benzene rings is 2. The van der Waals surface area contributed by atoms with Crippen LogP contribution < -0.4 is 9.47 Å². The Morgan fingerprint density at radius 3 is 2.67 bits per heavy atom. The summed E-state index contributed by atoms with van der Waals surface area (Å²) >= 11 is 0. The number of rotatable bonds is 9. The van der Waals surface area contributed by atoms with Crippen LogP contribution >= 0.6 is 0 Å². The minimum absolute atomic E-state index is 0.00203. The van der Waals surface area contributed by atoms with E-state index in [2.05, 4.69) is 54.1 Å². The molecular weight excluding hydrogens is 543 g/mol. The monoisotopic (exact) mass is 586 g/mol. The Morgan fingerprint density at radius 2 is 1.95 bits per heavy atom. The minimum Gasteiger partial charge on any atom is -0.485 e. The zero-order valence-corrected chi connectivity index (χ0v) is 25.7. The van der Waals surface area contributed by atoms with E-state index in [1.165, 1.54) is 12.6 Å². The number of aryl methyl sites for hydroxylation is 1. The molecule has 1 aliphatic carbocycles. The summed E-state index contributed by atoms with van der Waals surface area (Å²) in [4.78, 5) is 18.5. The number of hydrogen-bond donors (Lipinski definition) is 1. The van der Waals surface area contributed by atoms with Crippen molar-refractivity contribution < 1.29 is 23.8 Å². The van der Waals surface area contributed by atoms with Crippen LogP contribution in [-0.2, 0) is 17.8 Å². The summed E-state index contributed by atoms with van der Waals surface area (Å²) in [5, 5.41) is 9.78. The molecule has 228 valence electrons. The molecule has 1 aromatic heterocycles. The molecule has 0 amide bonds. The number of carboxylic acids is 1. The molecule has 1 N–H and O–H groups in total. The molecule has 0 unspecified atom stereocenters. The Kier molecular flexibility index (Phi) is 8.20. The zero-order chi connectivity index (χ0) is 30.3. The van der Waals surface area contributed by atoms with Gasteiger partial charge >= 0.3 is 5.97 Å². The number of likely N-dealkylation sites (tertiary alicyclic amines) is 1. The number of halogens is 1. The van der Waals surface area contributed by atoms with Crippen molar-refractivity contribution >= 4 is 5.97 Å². The summed E-state index contributed by atoms with van der Waals surface area (Å²) in [6.07, 6.45) is 8.48. The van der Waals surface area contributed by atoms with E-state index in [1.54, 1.807) is 13.2 Å². The average molecular weight is 587 g/mol. The van der Waals surface area contributed by atoms with Crippen LogP contribution in [0.1, 0.15) is 93.6 Å². The normalized spacial score (nSPS) is 21.4. The van der Waals surface area contributed by atoms with Gasteiger partial charge in [-0.3, -0.25) is 9.69 Å². The molecule has 3 aliphatic rings. The van der Waals surface area contributed by atoms with Crippen molar-refractivity contribution in [3.05, 3.63) is 76.7 Å². The van der Waals surface area contributed by atoms with Gasteiger partial charge in [0.15, 0.2) is 0 Å². The number of aliphatic carboxylic acids is 1. The number of fused-ring (bicyclic) bond motifs is 1. The number of methoxy groups -OCH3 is 1. The molecule has 0 bridgehead atoms. The highest BCUT2D eigenvalue weighted by Gasteiger charge is 2.39. The number of pyridine rings is 1. The molecule has 3 atom stereocenters. The Bertz CT molecular complexity index is 1500. The number of hydrogen-bond acceptors (Lipinski definition) is 5. The second-order valence-electron chi connectivity index (χ2n) is 13.3. The van der Waals surface area contributed by atoms with Crippen LogP contribution in [0, 0.1) is 17.7 Å². The largest absolute Gasteiger partial charge is 0.485 e. The van der Waals surface area contributed by atoms with Crippen LogP contribution in [0.15, 0.2) is 48.7 Å². The summed E-state index contributed by atoms with van der Waals surface area (Å²) < 4.78 is 27.2. The molecule has 2 aromatic carbocycles. The first-order chi connectivity index (χ1) is 20.6. The van der Waals surface area contributed by atoms with E-state index in [9.17, 15) is 9.90 Å². The van der Waals surface area contributed by atoms with Gasteiger partial charge < -0.3 is 14.6 Å². The fraction of sp³-hybridized carbons (Fsp3) is 0.500. The topological polar surface area (TPSA) is 71.9 Å². The summed E-state index contributed by atoms with van der Waals surface area (Å²) in [6, 6.07) is 14.3. The van der Waals surface area contributed by atoms with Gasteiger partial charge in [0.25, 0.3) is 0 Å². The smallest absolute Gasteiger partial charge is 0.306 e. The zero-order valence-electron chi connectivity index (χ0n) is 25.7. The Morgan fingerprint density at radius 1 is 1.14 bits per heavy atom. The minimum atomic E-state index is -0.749. The standard InChI is InChI=1S/C36H43FN2O4/c1-22(35(40)41)34(24-8-9-24)26-10-7-23-12-14-31(43-32(23)18-26)25-11-13-28(29-19-33(42-4)38-20-30(29)37)27(17-25)21-39-16-6-5-15-36(39,2)3/h7,10-11,13,17-20,22,24,31,34H,5-6,8-9,12,14-16,21H2,1-4H3,(H,40,41)/t22-,31+,34-/m0/s1. The van der Waals surface area contributed by atoms with Crippen LogP contribution in [0.25, 0.3) is 11.1 Å². The van der Waals surface area contributed by atoms with E-state index >= 15 is 4.39 Å². The van der Waals surface area contributed by atoms with Gasteiger partial charge in [-0.15, -0.1) is 0 Å². The Balaban J connectivity index is 1.34. The van der Waals surface area contributed by atoms with Crippen LogP contribution in [-0.4, -0.2) is 40.2 Å². The average Bonchev–Trinajstić information content (AvgIpc) is 3.83. The molecule has 2 fully saturated rings. The first-order valence-corrected chi connectivity index (χ1v) is 15.7. The second-order valence-corrected chi connectivity index (χ2v) is 13.3. The molecule has 0 spiro atoms. The lowest BCUT2D eigenvalue weighted by Gasteiger charge is -2.43. The van der Waals surface area contributed by atoms with Crippen LogP contribution in [0.2, 0.25) is 0 Å². The molecule has 7 heteroatoms. The Labute approximate surface area is 254 Å². The second kappa shape index (κ2) is 11.9. The number of carboxylic acid groups (broad SMARTS) is 1. The fourth-order valence-electron chi connectivity index (χ4n) is 7.17. The summed E-state index contributed by atoms with van der Waals surface area (Å²) in [7, 11) is 1.54. The number of ether oxygens (including phenoxy) is 2. The molecule has 0 radical (unpaired) electrons. The van der Waals surface area contributed by atoms with Crippen LogP contribution in [0.5, 0.6) is 11.6 Å². The molecule has 6 nitrogen and oxygen atoms in total. The van der Waals surface area contributed by atoms with Gasteiger partial charge in [0.05, 0.1) is 19.2 Å². The lowest BCUT2D eigenvalue weighted by atomic mass is 9.82. The van der Waals surface area contributed by atoms with Gasteiger partial charge in [0, 0.05) is 23.7 Å². The van der Waals surface area contributed by atoms with Crippen molar-refractivity contribution in [1.29, 1.82) is 0 Å². The molecule has 1 saturated carbocycles. The highest BCUT2D eigenvalue weighted by atomic mass is 19.1. The molecule has 1 saturated heterocycles. The first kappa shape index (κ1) is 29.6.